The molecule has 27 heavy (non-hydrogen) atoms. The maximum absolute atomic E-state index is 12.0. The Hall–Kier alpha value is -0.291. The van der Waals surface area contributed by atoms with Crippen LogP contribution in [0.25, 0.3) is 0 Å². The van der Waals surface area contributed by atoms with E-state index in [0.717, 1.165) is 5.57 Å². The van der Waals surface area contributed by atoms with Crippen LogP contribution in [0.5, 0.6) is 0 Å². The van der Waals surface area contributed by atoms with Gasteiger partial charge >= 0.3 is 173 Å². The molecule has 4 heteroatoms. The minimum absolute atomic E-state index is 0.380. The summed E-state index contributed by atoms with van der Waals surface area (Å²) in [4.78, 5) is 12.0. The van der Waals surface area contributed by atoms with Crippen molar-refractivity contribution in [1.82, 2.24) is 0 Å². The number of carbonyl (C=O) groups is 1. The van der Waals surface area contributed by atoms with E-state index in [1.165, 1.54) is 58.9 Å². The maximum atomic E-state index is 12.0. The van der Waals surface area contributed by atoms with Crippen LogP contribution in [-0.4, -0.2) is 42.7 Å². The Bertz CT molecular complexity index is 458. The Morgan fingerprint density at radius 3 is 1.85 bits per heavy atom. The van der Waals surface area contributed by atoms with Crippen molar-refractivity contribution in [3.8, 4) is 0 Å². The normalized spacial score (nSPS) is 14.6. The van der Waals surface area contributed by atoms with Crippen LogP contribution in [-0.2, 0) is 9.53 Å². The van der Waals surface area contributed by atoms with E-state index in [9.17, 15) is 9.90 Å². The predicted octanol–water partition coefficient (Wildman–Crippen LogP) is 6.44. The standard InChI is InChI=1S/C11H17O3.3C4H9.Sn/c1-6-7-8(2)9(12)11(3,4)10(13)14-5;3*1-3-4-2;/h1,6-7,9,12H,2-5H3;3*1,3-4H2,2H3;/b6-1?,8-7-;;;;/t9-;;;;/m1..../s1. The summed E-state index contributed by atoms with van der Waals surface area (Å²) < 4.78 is 11.7. The quantitative estimate of drug-likeness (QED) is 0.174. The number of ether oxygens (including phenoxy) is 1. The Morgan fingerprint density at radius 1 is 1.04 bits per heavy atom. The molecule has 0 bridgehead atoms. The molecule has 0 aromatic heterocycles. The molecule has 0 unspecified atom stereocenters. The van der Waals surface area contributed by atoms with Gasteiger partial charge in [0.2, 0.25) is 0 Å². The SMILES string of the molecule is CCC[CH2][Sn](/[CH]=C\C=C(\C)[C@@H](O)C(C)(C)C(=O)OC)([CH2]CCC)[CH2]CCC. The van der Waals surface area contributed by atoms with E-state index < -0.39 is 29.9 Å². The zero-order chi connectivity index (χ0) is 20.9. The molecule has 0 aromatic carbocycles. The Labute approximate surface area is 172 Å². The third-order valence-corrected chi connectivity index (χ3v) is 19.8. The van der Waals surface area contributed by atoms with Gasteiger partial charge < -0.3 is 0 Å². The number of esters is 1. The van der Waals surface area contributed by atoms with Crippen molar-refractivity contribution in [3.63, 3.8) is 0 Å². The fourth-order valence-corrected chi connectivity index (χ4v) is 17.7. The van der Waals surface area contributed by atoms with Gasteiger partial charge in [0, 0.05) is 0 Å². The number of unbranched alkanes of at least 4 members (excludes halogenated alkanes) is 3. The van der Waals surface area contributed by atoms with E-state index in [2.05, 4.69) is 30.9 Å². The number of aliphatic hydroxyl groups is 1. The molecule has 0 amide bonds. The topological polar surface area (TPSA) is 46.5 Å². The second-order valence-corrected chi connectivity index (χ2v) is 21.6. The van der Waals surface area contributed by atoms with Gasteiger partial charge in [-0.2, -0.15) is 0 Å². The van der Waals surface area contributed by atoms with Crippen LogP contribution in [0.4, 0.5) is 0 Å². The summed E-state index contributed by atoms with van der Waals surface area (Å²) in [6.45, 7) is 12.2. The summed E-state index contributed by atoms with van der Waals surface area (Å²) in [6, 6.07) is 0. The monoisotopic (exact) mass is 488 g/mol. The summed E-state index contributed by atoms with van der Waals surface area (Å²) >= 11 is -2.30. The van der Waals surface area contributed by atoms with E-state index >= 15 is 0 Å². The minimum atomic E-state index is -2.30. The van der Waals surface area contributed by atoms with Crippen LogP contribution in [0.3, 0.4) is 0 Å². The molecule has 158 valence electrons. The molecule has 1 atom stereocenters. The Balaban J connectivity index is 5.44. The van der Waals surface area contributed by atoms with Crippen LogP contribution in [0, 0.1) is 5.41 Å². The third kappa shape index (κ3) is 9.16. The predicted molar refractivity (Wildman–Crippen MR) is 120 cm³/mol. The number of aliphatic hydroxyl groups excluding tert-OH is 1. The molecule has 1 N–H and O–H groups in total. The fourth-order valence-electron chi connectivity index (χ4n) is 3.65. The number of hydrogen-bond donors (Lipinski definition) is 1. The van der Waals surface area contributed by atoms with Crippen molar-refractivity contribution in [2.75, 3.05) is 7.11 Å². The molecule has 0 aliphatic rings. The first-order valence-corrected chi connectivity index (χ1v) is 18.5. The summed E-state index contributed by atoms with van der Waals surface area (Å²) in [6.07, 6.45) is 11.2. The second kappa shape index (κ2) is 13.8. The van der Waals surface area contributed by atoms with Crippen LogP contribution in [0.2, 0.25) is 13.3 Å². The van der Waals surface area contributed by atoms with Crippen molar-refractivity contribution >= 4 is 24.3 Å². The second-order valence-electron chi connectivity index (χ2n) is 8.56. The molecule has 0 aliphatic carbocycles. The van der Waals surface area contributed by atoms with Gasteiger partial charge in [-0.05, 0) is 0 Å². The first-order valence-electron chi connectivity index (χ1n) is 10.8. The molecule has 0 saturated carbocycles. The van der Waals surface area contributed by atoms with Crippen LogP contribution >= 0.6 is 0 Å². The first-order chi connectivity index (χ1) is 12.7. The molecular weight excluding hydrogens is 443 g/mol. The molecule has 0 heterocycles. The number of allylic oxidation sites excluding steroid dienone is 2. The average molecular weight is 487 g/mol. The molecule has 0 fully saturated rings. The molecule has 0 aromatic rings. The summed E-state index contributed by atoms with van der Waals surface area (Å²) in [5, 5.41) is 10.6. The zero-order valence-corrected chi connectivity index (χ0v) is 21.8. The van der Waals surface area contributed by atoms with Gasteiger partial charge in [-0.1, -0.05) is 0 Å². The Kier molecular flexibility index (Phi) is 13.7. The van der Waals surface area contributed by atoms with Crippen LogP contribution in [0.1, 0.15) is 80.1 Å². The molecule has 0 rings (SSSR count). The molecule has 0 spiro atoms. The van der Waals surface area contributed by atoms with Gasteiger partial charge in [0.15, 0.2) is 0 Å². The third-order valence-electron chi connectivity index (χ3n) is 5.72. The summed E-state index contributed by atoms with van der Waals surface area (Å²) in [5.41, 5.74) is -0.112. The van der Waals surface area contributed by atoms with E-state index in [1.807, 2.05) is 13.0 Å². The van der Waals surface area contributed by atoms with E-state index in [0.29, 0.717) is 0 Å². The molecular formula is C23H44O3Sn. The molecule has 0 aliphatic heterocycles. The van der Waals surface area contributed by atoms with Gasteiger partial charge in [0.05, 0.1) is 0 Å². The molecule has 3 nitrogen and oxygen atoms in total. The average Bonchev–Trinajstić information content (AvgIpc) is 2.67. The van der Waals surface area contributed by atoms with Gasteiger partial charge in [-0.3, -0.25) is 0 Å². The van der Waals surface area contributed by atoms with Gasteiger partial charge in [0.1, 0.15) is 0 Å². The van der Waals surface area contributed by atoms with E-state index in [-0.39, 0.29) is 5.97 Å². The van der Waals surface area contributed by atoms with Crippen LogP contribution in [0.15, 0.2) is 21.8 Å². The van der Waals surface area contributed by atoms with Crippen molar-refractivity contribution < 1.29 is 14.6 Å². The zero-order valence-electron chi connectivity index (χ0n) is 18.9. The van der Waals surface area contributed by atoms with E-state index in [4.69, 9.17) is 4.74 Å². The van der Waals surface area contributed by atoms with Crippen LogP contribution < -0.4 is 0 Å². The van der Waals surface area contributed by atoms with Crippen molar-refractivity contribution in [2.45, 2.75) is 99.5 Å². The summed E-state index contributed by atoms with van der Waals surface area (Å²) in [7, 11) is 1.37. The number of carbonyl (C=O) groups excluding carboxylic acids is 1. The Morgan fingerprint density at radius 2 is 1.48 bits per heavy atom. The van der Waals surface area contributed by atoms with Gasteiger partial charge in [-0.25, -0.2) is 0 Å². The first kappa shape index (κ1) is 26.7. The molecule has 0 radical (unpaired) electrons. The van der Waals surface area contributed by atoms with Crippen molar-refractivity contribution in [1.29, 1.82) is 0 Å². The van der Waals surface area contributed by atoms with Crippen molar-refractivity contribution in [3.05, 3.63) is 21.8 Å². The van der Waals surface area contributed by atoms with Gasteiger partial charge in [-0.15, -0.1) is 0 Å². The number of hydrogen-bond acceptors (Lipinski definition) is 3. The van der Waals surface area contributed by atoms with Crippen molar-refractivity contribution in [2.24, 2.45) is 5.41 Å². The fraction of sp³-hybridized carbons (Fsp3) is 0.783. The number of methoxy groups -OCH3 is 1. The van der Waals surface area contributed by atoms with E-state index in [1.54, 1.807) is 13.8 Å². The van der Waals surface area contributed by atoms with Gasteiger partial charge in [0.25, 0.3) is 0 Å². The summed E-state index contributed by atoms with van der Waals surface area (Å²) in [5.74, 6) is -0.380. The number of rotatable bonds is 14. The molecule has 0 saturated heterocycles.